The maximum Gasteiger partial charge on any atom is 0.417 e. The van der Waals surface area contributed by atoms with Gasteiger partial charge in [-0.3, -0.25) is 14.6 Å². The standard InChI is InChI=1S/C31H32ClF3N4O2/c1-30(2)18-26(37-28(40)27-24(31(33,34)35)5-4-6-25(27)32)22-17-19(7-8-23(22)30)29(41)38(3)20-11-15-39(16-12-20)21-9-13-36-14-10-21/h4-10,13-14,17,20,26H,11-12,15-16,18H2,1-3H3,(H,37,40). The van der Waals surface area contributed by atoms with E-state index < -0.39 is 29.3 Å². The van der Waals surface area contributed by atoms with Crippen LogP contribution in [0.5, 0.6) is 0 Å². The molecule has 1 unspecified atom stereocenters. The van der Waals surface area contributed by atoms with Gasteiger partial charge in [-0.25, -0.2) is 0 Å². The SMILES string of the molecule is CN(C(=O)c1ccc2c(c1)C(NC(=O)c1c(Cl)cccc1C(F)(F)F)CC2(C)C)C1CCN(c2ccncc2)CC1. The average Bonchev–Trinajstić information content (AvgIpc) is 3.20. The maximum absolute atomic E-state index is 13.7. The topological polar surface area (TPSA) is 65.5 Å². The molecule has 2 amide bonds. The lowest BCUT2D eigenvalue weighted by Gasteiger charge is -2.38. The van der Waals surface area contributed by atoms with Gasteiger partial charge in [0.15, 0.2) is 0 Å². The quantitative estimate of drug-likeness (QED) is 0.365. The van der Waals surface area contributed by atoms with Gasteiger partial charge in [-0.15, -0.1) is 0 Å². The van der Waals surface area contributed by atoms with Crippen LogP contribution in [0.3, 0.4) is 0 Å². The van der Waals surface area contributed by atoms with Crippen LogP contribution in [0.1, 0.15) is 76.6 Å². The molecule has 5 rings (SSSR count). The number of rotatable bonds is 5. The number of nitrogens with zero attached hydrogens (tertiary/aromatic N) is 3. The summed E-state index contributed by atoms with van der Waals surface area (Å²) in [6, 6.07) is 12.2. The monoisotopic (exact) mass is 584 g/mol. The summed E-state index contributed by atoms with van der Waals surface area (Å²) in [4.78, 5) is 34.9. The first-order valence-corrected chi connectivity index (χ1v) is 14.0. The molecule has 1 atom stereocenters. The van der Waals surface area contributed by atoms with E-state index in [4.69, 9.17) is 11.6 Å². The number of alkyl halides is 3. The van der Waals surface area contributed by atoms with Gasteiger partial charge in [0.2, 0.25) is 0 Å². The number of hydrogen-bond donors (Lipinski definition) is 1. The van der Waals surface area contributed by atoms with Crippen LogP contribution < -0.4 is 10.2 Å². The fourth-order valence-electron chi connectivity index (χ4n) is 6.12. The number of fused-ring (bicyclic) bond motifs is 1. The van der Waals surface area contributed by atoms with Crippen LogP contribution in [0.4, 0.5) is 18.9 Å². The number of hydrogen-bond acceptors (Lipinski definition) is 4. The average molecular weight is 585 g/mol. The van der Waals surface area contributed by atoms with Crippen molar-refractivity contribution in [1.82, 2.24) is 15.2 Å². The summed E-state index contributed by atoms with van der Waals surface area (Å²) in [7, 11) is 1.81. The molecular weight excluding hydrogens is 553 g/mol. The van der Waals surface area contributed by atoms with Crippen LogP contribution in [0.25, 0.3) is 0 Å². The zero-order valence-electron chi connectivity index (χ0n) is 23.1. The molecule has 0 bridgehead atoms. The van der Waals surface area contributed by atoms with Gasteiger partial charge in [0.1, 0.15) is 0 Å². The van der Waals surface area contributed by atoms with E-state index in [2.05, 4.69) is 15.2 Å². The van der Waals surface area contributed by atoms with Gasteiger partial charge in [0.25, 0.3) is 11.8 Å². The molecule has 2 heterocycles. The number of aromatic nitrogens is 1. The molecule has 1 N–H and O–H groups in total. The molecular formula is C31H32ClF3N4O2. The van der Waals surface area contributed by atoms with Crippen molar-refractivity contribution >= 4 is 29.1 Å². The number of piperidine rings is 1. The van der Waals surface area contributed by atoms with Gasteiger partial charge >= 0.3 is 6.18 Å². The predicted molar refractivity (Wildman–Crippen MR) is 152 cm³/mol. The highest BCUT2D eigenvalue weighted by Gasteiger charge is 2.41. The van der Waals surface area contributed by atoms with E-state index in [1.54, 1.807) is 29.4 Å². The van der Waals surface area contributed by atoms with Crippen molar-refractivity contribution in [3.63, 3.8) is 0 Å². The van der Waals surface area contributed by atoms with E-state index in [-0.39, 0.29) is 22.4 Å². The first-order valence-electron chi connectivity index (χ1n) is 13.6. The summed E-state index contributed by atoms with van der Waals surface area (Å²) < 4.78 is 41.0. The Hall–Kier alpha value is -3.59. The predicted octanol–water partition coefficient (Wildman–Crippen LogP) is 6.65. The number of benzene rings is 2. The normalized spacial score (nSPS) is 18.6. The number of carbonyl (C=O) groups is 2. The Labute approximate surface area is 242 Å². The van der Waals surface area contributed by atoms with E-state index in [0.29, 0.717) is 12.0 Å². The minimum atomic E-state index is -4.73. The van der Waals surface area contributed by atoms with Gasteiger partial charge in [-0.2, -0.15) is 13.2 Å². The van der Waals surface area contributed by atoms with Gasteiger partial charge in [-0.05, 0) is 72.2 Å². The highest BCUT2D eigenvalue weighted by atomic mass is 35.5. The van der Waals surface area contributed by atoms with Crippen LogP contribution in [0.2, 0.25) is 5.02 Å². The Morgan fingerprint density at radius 1 is 1.07 bits per heavy atom. The third kappa shape index (κ3) is 5.77. The smallest absolute Gasteiger partial charge is 0.371 e. The van der Waals surface area contributed by atoms with Gasteiger partial charge in [-0.1, -0.05) is 37.6 Å². The molecule has 2 aromatic carbocycles. The van der Waals surface area contributed by atoms with E-state index in [0.717, 1.165) is 48.8 Å². The first kappa shape index (κ1) is 28.9. The van der Waals surface area contributed by atoms with Crippen LogP contribution in [-0.2, 0) is 11.6 Å². The number of anilines is 1. The fourth-order valence-corrected chi connectivity index (χ4v) is 6.38. The van der Waals surface area contributed by atoms with Crippen LogP contribution >= 0.6 is 11.6 Å². The summed E-state index contributed by atoms with van der Waals surface area (Å²) in [5.41, 5.74) is 1.24. The van der Waals surface area contributed by atoms with Crippen molar-refractivity contribution < 1.29 is 22.8 Å². The molecule has 0 saturated carbocycles. The van der Waals surface area contributed by atoms with Crippen molar-refractivity contribution in [2.24, 2.45) is 0 Å². The number of pyridine rings is 1. The molecule has 1 aliphatic carbocycles. The number of halogens is 4. The molecule has 3 aromatic rings. The Balaban J connectivity index is 1.34. The first-order chi connectivity index (χ1) is 19.4. The summed E-state index contributed by atoms with van der Waals surface area (Å²) >= 11 is 6.07. The van der Waals surface area contributed by atoms with Crippen LogP contribution in [0.15, 0.2) is 60.9 Å². The zero-order chi connectivity index (χ0) is 29.5. The van der Waals surface area contributed by atoms with Gasteiger partial charge in [0.05, 0.1) is 22.2 Å². The Morgan fingerprint density at radius 3 is 2.41 bits per heavy atom. The third-order valence-electron chi connectivity index (χ3n) is 8.33. The summed E-state index contributed by atoms with van der Waals surface area (Å²) in [5, 5.41) is 2.51. The highest BCUT2D eigenvalue weighted by Crippen LogP contribution is 2.45. The van der Waals surface area contributed by atoms with Crippen molar-refractivity contribution in [3.8, 4) is 0 Å². The highest BCUT2D eigenvalue weighted by molar-refractivity contribution is 6.34. The Bertz CT molecular complexity index is 1450. The summed E-state index contributed by atoms with van der Waals surface area (Å²) in [6.45, 7) is 5.67. The molecule has 0 radical (unpaired) electrons. The van der Waals surface area contributed by atoms with Gasteiger partial charge in [0, 0.05) is 49.8 Å². The Morgan fingerprint density at radius 2 is 1.76 bits per heavy atom. The van der Waals surface area contributed by atoms with E-state index in [1.165, 1.54) is 12.1 Å². The summed E-state index contributed by atoms with van der Waals surface area (Å²) in [6.07, 6.45) is 0.919. The van der Waals surface area contributed by atoms with E-state index in [9.17, 15) is 22.8 Å². The third-order valence-corrected chi connectivity index (χ3v) is 8.64. The molecule has 6 nitrogen and oxygen atoms in total. The molecule has 1 aliphatic heterocycles. The molecule has 216 valence electrons. The van der Waals surface area contributed by atoms with Crippen molar-refractivity contribution in [1.29, 1.82) is 0 Å². The van der Waals surface area contributed by atoms with Crippen molar-refractivity contribution in [2.75, 3.05) is 25.0 Å². The molecule has 0 spiro atoms. The van der Waals surface area contributed by atoms with Gasteiger partial charge < -0.3 is 15.1 Å². The largest absolute Gasteiger partial charge is 0.417 e. The summed E-state index contributed by atoms with van der Waals surface area (Å²) in [5.74, 6) is -1.03. The lowest BCUT2D eigenvalue weighted by molar-refractivity contribution is -0.137. The second-order valence-electron chi connectivity index (χ2n) is 11.4. The molecule has 1 saturated heterocycles. The Kier molecular flexibility index (Phi) is 7.76. The fraction of sp³-hybridized carbons (Fsp3) is 0.387. The lowest BCUT2D eigenvalue weighted by Crippen LogP contribution is -2.45. The lowest BCUT2D eigenvalue weighted by atomic mass is 9.86. The van der Waals surface area contributed by atoms with E-state index >= 15 is 0 Å². The minimum absolute atomic E-state index is 0.0711. The number of amides is 2. The minimum Gasteiger partial charge on any atom is -0.371 e. The number of nitrogens with one attached hydrogen (secondary N) is 1. The second-order valence-corrected chi connectivity index (χ2v) is 11.8. The maximum atomic E-state index is 13.7. The molecule has 10 heteroatoms. The van der Waals surface area contributed by atoms with Crippen LogP contribution in [-0.4, -0.2) is 47.9 Å². The van der Waals surface area contributed by atoms with E-state index in [1.807, 2.05) is 39.1 Å². The molecule has 2 aliphatic rings. The molecule has 1 fully saturated rings. The molecule has 1 aromatic heterocycles. The number of carbonyl (C=O) groups excluding carboxylic acids is 2. The van der Waals surface area contributed by atoms with Crippen molar-refractivity contribution in [2.45, 2.75) is 56.8 Å². The van der Waals surface area contributed by atoms with Crippen LogP contribution in [0, 0.1) is 0 Å². The second kappa shape index (κ2) is 11.0. The van der Waals surface area contributed by atoms with Crippen molar-refractivity contribution in [3.05, 3.63) is 93.8 Å². The molecule has 41 heavy (non-hydrogen) atoms. The zero-order valence-corrected chi connectivity index (χ0v) is 23.9.